The van der Waals surface area contributed by atoms with E-state index in [-0.39, 0.29) is 17.2 Å². The molecule has 0 spiro atoms. The largest absolute Gasteiger partial charge is 0.497 e. The molecule has 1 aromatic carbocycles. The lowest BCUT2D eigenvalue weighted by Gasteiger charge is -2.13. The SMILES string of the molecule is COc1ccc(-c2nnc(S[C@@H](C)C(=O)NC(C)C)n2C)cc1. The number of benzene rings is 1. The lowest BCUT2D eigenvalue weighted by atomic mass is 10.2. The van der Waals surface area contributed by atoms with Crippen molar-refractivity contribution in [3.05, 3.63) is 24.3 Å². The number of hydrogen-bond donors (Lipinski definition) is 1. The number of amides is 1. The highest BCUT2D eigenvalue weighted by Gasteiger charge is 2.19. The number of nitrogens with one attached hydrogen (secondary N) is 1. The van der Waals surface area contributed by atoms with Crippen molar-refractivity contribution >= 4 is 17.7 Å². The Kier molecular flexibility index (Phi) is 5.65. The van der Waals surface area contributed by atoms with Crippen LogP contribution in [0.5, 0.6) is 5.75 Å². The fourth-order valence-corrected chi connectivity index (χ4v) is 2.85. The topological polar surface area (TPSA) is 69.0 Å². The Labute approximate surface area is 140 Å². The molecule has 2 rings (SSSR count). The summed E-state index contributed by atoms with van der Waals surface area (Å²) in [6, 6.07) is 7.77. The summed E-state index contributed by atoms with van der Waals surface area (Å²) in [7, 11) is 3.53. The molecule has 2 aromatic rings. The summed E-state index contributed by atoms with van der Waals surface area (Å²) >= 11 is 1.40. The molecule has 0 radical (unpaired) electrons. The molecule has 0 unspecified atom stereocenters. The molecule has 1 aromatic heterocycles. The predicted octanol–water partition coefficient (Wildman–Crippen LogP) is 2.50. The zero-order valence-corrected chi connectivity index (χ0v) is 14.8. The first-order valence-corrected chi connectivity index (χ1v) is 8.31. The number of nitrogens with zero attached hydrogens (tertiary/aromatic N) is 3. The van der Waals surface area contributed by atoms with Crippen LogP contribution in [0.3, 0.4) is 0 Å². The van der Waals surface area contributed by atoms with Gasteiger partial charge in [-0.15, -0.1) is 10.2 Å². The van der Waals surface area contributed by atoms with Gasteiger partial charge in [-0.05, 0) is 45.0 Å². The van der Waals surface area contributed by atoms with E-state index < -0.39 is 0 Å². The molecule has 1 atom stereocenters. The molecule has 1 N–H and O–H groups in total. The fourth-order valence-electron chi connectivity index (χ4n) is 2.02. The molecular weight excluding hydrogens is 312 g/mol. The highest BCUT2D eigenvalue weighted by atomic mass is 32.2. The van der Waals surface area contributed by atoms with Crippen LogP contribution in [0, 0.1) is 0 Å². The van der Waals surface area contributed by atoms with Crippen LogP contribution in [0.15, 0.2) is 29.4 Å². The lowest BCUT2D eigenvalue weighted by molar-refractivity contribution is -0.120. The van der Waals surface area contributed by atoms with Crippen molar-refractivity contribution < 1.29 is 9.53 Å². The monoisotopic (exact) mass is 334 g/mol. The van der Waals surface area contributed by atoms with Gasteiger partial charge in [0.2, 0.25) is 5.91 Å². The maximum atomic E-state index is 12.0. The van der Waals surface area contributed by atoms with Gasteiger partial charge in [-0.25, -0.2) is 0 Å². The molecule has 0 saturated carbocycles. The average molecular weight is 334 g/mol. The standard InChI is InChI=1S/C16H22N4O2S/c1-10(2)17-15(21)11(3)23-16-19-18-14(20(16)4)12-6-8-13(22-5)9-7-12/h6-11H,1-5H3,(H,17,21)/t11-/m0/s1. The van der Waals surface area contributed by atoms with E-state index in [1.54, 1.807) is 7.11 Å². The number of hydrogen-bond acceptors (Lipinski definition) is 5. The minimum Gasteiger partial charge on any atom is -0.497 e. The van der Waals surface area contributed by atoms with Gasteiger partial charge in [-0.1, -0.05) is 11.8 Å². The van der Waals surface area contributed by atoms with Crippen molar-refractivity contribution in [1.82, 2.24) is 20.1 Å². The van der Waals surface area contributed by atoms with Gasteiger partial charge >= 0.3 is 0 Å². The maximum Gasteiger partial charge on any atom is 0.233 e. The van der Waals surface area contributed by atoms with E-state index in [0.29, 0.717) is 5.16 Å². The molecule has 0 aliphatic carbocycles. The number of thioether (sulfide) groups is 1. The number of rotatable bonds is 6. The Morgan fingerprint density at radius 1 is 1.22 bits per heavy atom. The Hall–Kier alpha value is -2.02. The third-order valence-electron chi connectivity index (χ3n) is 3.27. The third-order valence-corrected chi connectivity index (χ3v) is 4.40. The van der Waals surface area contributed by atoms with Crippen LogP contribution >= 0.6 is 11.8 Å². The summed E-state index contributed by atoms with van der Waals surface area (Å²) in [4.78, 5) is 12.0. The molecule has 0 bridgehead atoms. The molecule has 0 aliphatic rings. The molecule has 0 fully saturated rings. The van der Waals surface area contributed by atoms with E-state index in [2.05, 4.69) is 15.5 Å². The Morgan fingerprint density at radius 2 is 1.87 bits per heavy atom. The molecule has 0 saturated heterocycles. The van der Waals surface area contributed by atoms with E-state index in [0.717, 1.165) is 17.1 Å². The Balaban J connectivity index is 2.13. The van der Waals surface area contributed by atoms with Crippen LogP contribution in [0.2, 0.25) is 0 Å². The molecule has 6 nitrogen and oxygen atoms in total. The quantitative estimate of drug-likeness (QED) is 0.822. The van der Waals surface area contributed by atoms with Crippen molar-refractivity contribution in [3.63, 3.8) is 0 Å². The van der Waals surface area contributed by atoms with Crippen molar-refractivity contribution in [3.8, 4) is 17.1 Å². The average Bonchev–Trinajstić information content (AvgIpc) is 2.87. The Morgan fingerprint density at radius 3 is 2.43 bits per heavy atom. The van der Waals surface area contributed by atoms with Crippen LogP contribution in [0.1, 0.15) is 20.8 Å². The minimum atomic E-state index is -0.232. The highest BCUT2D eigenvalue weighted by molar-refractivity contribution is 8.00. The molecule has 7 heteroatoms. The van der Waals surface area contributed by atoms with E-state index in [1.807, 2.05) is 56.7 Å². The molecule has 23 heavy (non-hydrogen) atoms. The van der Waals surface area contributed by atoms with Crippen molar-refractivity contribution in [2.45, 2.75) is 37.2 Å². The number of carbonyl (C=O) groups excluding carboxylic acids is 1. The summed E-state index contributed by atoms with van der Waals surface area (Å²) in [6.07, 6.45) is 0. The molecule has 124 valence electrons. The first-order valence-electron chi connectivity index (χ1n) is 7.43. The van der Waals surface area contributed by atoms with Crippen LogP contribution in [0.4, 0.5) is 0 Å². The summed E-state index contributed by atoms with van der Waals surface area (Å²) < 4.78 is 7.05. The van der Waals surface area contributed by atoms with Crippen LogP contribution in [0.25, 0.3) is 11.4 Å². The van der Waals surface area contributed by atoms with Crippen LogP contribution < -0.4 is 10.1 Å². The summed E-state index contributed by atoms with van der Waals surface area (Å²) in [5.41, 5.74) is 0.951. The number of carbonyl (C=O) groups is 1. The van der Waals surface area contributed by atoms with Gasteiger partial charge in [0, 0.05) is 18.7 Å². The van der Waals surface area contributed by atoms with E-state index in [4.69, 9.17) is 4.74 Å². The maximum absolute atomic E-state index is 12.0. The third kappa shape index (κ3) is 4.25. The summed E-state index contributed by atoms with van der Waals surface area (Å²) in [6.45, 7) is 5.75. The minimum absolute atomic E-state index is 0.000928. The first-order chi connectivity index (χ1) is 10.9. The highest BCUT2D eigenvalue weighted by Crippen LogP contribution is 2.26. The zero-order valence-electron chi connectivity index (χ0n) is 14.0. The summed E-state index contributed by atoms with van der Waals surface area (Å²) in [5.74, 6) is 1.55. The summed E-state index contributed by atoms with van der Waals surface area (Å²) in [5, 5.41) is 11.8. The van der Waals surface area contributed by atoms with Crippen molar-refractivity contribution in [1.29, 1.82) is 0 Å². The molecular formula is C16H22N4O2S. The van der Waals surface area contributed by atoms with Crippen LogP contribution in [-0.4, -0.2) is 39.1 Å². The van der Waals surface area contributed by atoms with Gasteiger partial charge < -0.3 is 14.6 Å². The van der Waals surface area contributed by atoms with Crippen LogP contribution in [-0.2, 0) is 11.8 Å². The van der Waals surface area contributed by atoms with Gasteiger partial charge in [-0.3, -0.25) is 4.79 Å². The van der Waals surface area contributed by atoms with E-state index in [9.17, 15) is 4.79 Å². The van der Waals surface area contributed by atoms with E-state index >= 15 is 0 Å². The van der Waals surface area contributed by atoms with Gasteiger partial charge in [0.15, 0.2) is 11.0 Å². The second-order valence-corrected chi connectivity index (χ2v) is 6.83. The molecule has 1 heterocycles. The smallest absolute Gasteiger partial charge is 0.233 e. The second-order valence-electron chi connectivity index (χ2n) is 5.52. The van der Waals surface area contributed by atoms with E-state index in [1.165, 1.54) is 11.8 Å². The van der Waals surface area contributed by atoms with Gasteiger partial charge in [0.25, 0.3) is 0 Å². The molecule has 1 amide bonds. The van der Waals surface area contributed by atoms with Gasteiger partial charge in [0.1, 0.15) is 5.75 Å². The second kappa shape index (κ2) is 7.50. The van der Waals surface area contributed by atoms with Gasteiger partial charge in [0.05, 0.1) is 12.4 Å². The first kappa shape index (κ1) is 17.3. The normalized spacial score (nSPS) is 12.3. The number of aromatic nitrogens is 3. The number of methoxy groups -OCH3 is 1. The number of ether oxygens (including phenoxy) is 1. The predicted molar refractivity (Wildman–Crippen MR) is 91.6 cm³/mol. The Bertz CT molecular complexity index is 667. The lowest BCUT2D eigenvalue weighted by Crippen LogP contribution is -2.36. The van der Waals surface area contributed by atoms with Gasteiger partial charge in [-0.2, -0.15) is 0 Å². The molecule has 0 aliphatic heterocycles. The van der Waals surface area contributed by atoms with Crippen molar-refractivity contribution in [2.24, 2.45) is 7.05 Å². The zero-order chi connectivity index (χ0) is 17.0. The van der Waals surface area contributed by atoms with Crippen molar-refractivity contribution in [2.75, 3.05) is 7.11 Å². The fraction of sp³-hybridized carbons (Fsp3) is 0.438.